The molecule has 0 radical (unpaired) electrons. The summed E-state index contributed by atoms with van der Waals surface area (Å²) in [6.07, 6.45) is 0. The Morgan fingerprint density at radius 2 is 1.58 bits per heavy atom. The van der Waals surface area contributed by atoms with Crippen molar-refractivity contribution >= 4 is 21.6 Å². The smallest absolute Gasteiger partial charge is 0.261 e. The number of hydrogen-bond acceptors (Lipinski definition) is 5. The minimum atomic E-state index is -3.74. The number of ether oxygens (including phenoxy) is 2. The highest BCUT2D eigenvalue weighted by atomic mass is 32.2. The van der Waals surface area contributed by atoms with E-state index in [4.69, 9.17) is 9.47 Å². The average Bonchev–Trinajstić information content (AvgIpc) is 2.79. The third-order valence-electron chi connectivity index (χ3n) is 4.79. The van der Waals surface area contributed by atoms with Gasteiger partial charge in [0.1, 0.15) is 13.2 Å². The molecule has 1 heterocycles. The van der Waals surface area contributed by atoms with Crippen LogP contribution in [0.1, 0.15) is 21.5 Å². The molecule has 4 rings (SSSR count). The lowest BCUT2D eigenvalue weighted by atomic mass is 10.1. The van der Waals surface area contributed by atoms with Gasteiger partial charge in [0.15, 0.2) is 11.5 Å². The fourth-order valence-electron chi connectivity index (χ4n) is 3.10. The van der Waals surface area contributed by atoms with Crippen molar-refractivity contribution in [3.63, 3.8) is 0 Å². The Morgan fingerprint density at radius 1 is 0.903 bits per heavy atom. The SMILES string of the molecule is Cc1ccc(NS(=O)(=O)c2ccc(C(=O)NCc3ccc4c(c3)OCCO4)cc2)cc1. The normalized spacial score (nSPS) is 12.8. The topological polar surface area (TPSA) is 93.7 Å². The molecule has 0 atom stereocenters. The number of benzene rings is 3. The van der Waals surface area contributed by atoms with Crippen molar-refractivity contribution in [1.82, 2.24) is 5.32 Å². The lowest BCUT2D eigenvalue weighted by molar-refractivity contribution is 0.0950. The quantitative estimate of drug-likeness (QED) is 0.614. The molecule has 31 heavy (non-hydrogen) atoms. The summed E-state index contributed by atoms with van der Waals surface area (Å²) in [5, 5.41) is 2.82. The first-order valence-corrected chi connectivity index (χ1v) is 11.3. The van der Waals surface area contributed by atoms with E-state index in [0.717, 1.165) is 11.1 Å². The highest BCUT2D eigenvalue weighted by molar-refractivity contribution is 7.92. The predicted molar refractivity (Wildman–Crippen MR) is 117 cm³/mol. The first kappa shape index (κ1) is 20.7. The van der Waals surface area contributed by atoms with Crippen LogP contribution in [0.15, 0.2) is 71.6 Å². The van der Waals surface area contributed by atoms with Crippen molar-refractivity contribution in [2.75, 3.05) is 17.9 Å². The van der Waals surface area contributed by atoms with Gasteiger partial charge >= 0.3 is 0 Å². The van der Waals surface area contributed by atoms with Crippen molar-refractivity contribution in [1.29, 1.82) is 0 Å². The Morgan fingerprint density at radius 3 is 2.29 bits per heavy atom. The number of fused-ring (bicyclic) bond motifs is 1. The molecule has 3 aromatic carbocycles. The second-order valence-electron chi connectivity index (χ2n) is 7.16. The van der Waals surface area contributed by atoms with E-state index in [0.29, 0.717) is 42.5 Å². The molecule has 7 nitrogen and oxygen atoms in total. The van der Waals surface area contributed by atoms with Crippen LogP contribution in [0, 0.1) is 6.92 Å². The van der Waals surface area contributed by atoms with Gasteiger partial charge in [-0.1, -0.05) is 23.8 Å². The largest absolute Gasteiger partial charge is 0.486 e. The van der Waals surface area contributed by atoms with Gasteiger partial charge in [-0.3, -0.25) is 9.52 Å². The Kier molecular flexibility index (Phi) is 5.81. The summed E-state index contributed by atoms with van der Waals surface area (Å²) in [5.74, 6) is 1.05. The van der Waals surface area contributed by atoms with Crippen molar-refractivity contribution < 1.29 is 22.7 Å². The van der Waals surface area contributed by atoms with E-state index in [9.17, 15) is 13.2 Å². The number of nitrogens with one attached hydrogen (secondary N) is 2. The zero-order valence-electron chi connectivity index (χ0n) is 16.9. The maximum Gasteiger partial charge on any atom is 0.261 e. The van der Waals surface area contributed by atoms with E-state index < -0.39 is 10.0 Å². The van der Waals surface area contributed by atoms with E-state index in [1.807, 2.05) is 37.3 Å². The second-order valence-corrected chi connectivity index (χ2v) is 8.84. The number of rotatable bonds is 6. The van der Waals surface area contributed by atoms with Crippen molar-refractivity contribution in [2.24, 2.45) is 0 Å². The average molecular weight is 439 g/mol. The maximum atomic E-state index is 12.6. The van der Waals surface area contributed by atoms with Crippen LogP contribution in [0.4, 0.5) is 5.69 Å². The molecule has 0 saturated carbocycles. The van der Waals surface area contributed by atoms with Crippen LogP contribution in [0.2, 0.25) is 0 Å². The summed E-state index contributed by atoms with van der Waals surface area (Å²) in [5.41, 5.74) is 2.76. The van der Waals surface area contributed by atoms with Crippen LogP contribution >= 0.6 is 0 Å². The number of carbonyl (C=O) groups excluding carboxylic acids is 1. The van der Waals surface area contributed by atoms with Crippen LogP contribution in [0.25, 0.3) is 0 Å². The van der Waals surface area contributed by atoms with E-state index in [-0.39, 0.29) is 10.8 Å². The maximum absolute atomic E-state index is 12.6. The molecule has 8 heteroatoms. The summed E-state index contributed by atoms with van der Waals surface area (Å²) in [6.45, 7) is 3.26. The molecular weight excluding hydrogens is 416 g/mol. The molecule has 160 valence electrons. The molecule has 0 bridgehead atoms. The summed E-state index contributed by atoms with van der Waals surface area (Å²) in [4.78, 5) is 12.5. The van der Waals surface area contributed by atoms with E-state index in [1.165, 1.54) is 24.3 Å². The summed E-state index contributed by atoms with van der Waals surface area (Å²) in [6, 6.07) is 18.4. The summed E-state index contributed by atoms with van der Waals surface area (Å²) < 4.78 is 38.7. The first-order chi connectivity index (χ1) is 14.9. The van der Waals surface area contributed by atoms with E-state index >= 15 is 0 Å². The molecular formula is C23H22N2O5S. The number of sulfonamides is 1. The lowest BCUT2D eigenvalue weighted by Gasteiger charge is -2.19. The number of carbonyl (C=O) groups is 1. The van der Waals surface area contributed by atoms with Crippen LogP contribution in [-0.4, -0.2) is 27.5 Å². The summed E-state index contributed by atoms with van der Waals surface area (Å²) in [7, 11) is -3.74. The molecule has 1 aliphatic heterocycles. The zero-order valence-corrected chi connectivity index (χ0v) is 17.7. The Hall–Kier alpha value is -3.52. The van der Waals surface area contributed by atoms with Gasteiger partial charge in [0, 0.05) is 17.8 Å². The minimum Gasteiger partial charge on any atom is -0.486 e. The van der Waals surface area contributed by atoms with Gasteiger partial charge in [0.2, 0.25) is 0 Å². The van der Waals surface area contributed by atoms with Gasteiger partial charge in [-0.2, -0.15) is 0 Å². The van der Waals surface area contributed by atoms with Crippen molar-refractivity contribution in [2.45, 2.75) is 18.4 Å². The van der Waals surface area contributed by atoms with Gasteiger partial charge in [-0.05, 0) is 61.0 Å². The zero-order chi connectivity index (χ0) is 21.8. The van der Waals surface area contributed by atoms with Crippen LogP contribution in [0.5, 0.6) is 11.5 Å². The third-order valence-corrected chi connectivity index (χ3v) is 6.19. The van der Waals surface area contributed by atoms with Gasteiger partial charge in [0.05, 0.1) is 4.90 Å². The van der Waals surface area contributed by atoms with Crippen molar-refractivity contribution in [3.05, 3.63) is 83.4 Å². The van der Waals surface area contributed by atoms with Crippen LogP contribution in [-0.2, 0) is 16.6 Å². The molecule has 1 aliphatic rings. The monoisotopic (exact) mass is 438 g/mol. The Labute approximate surface area is 181 Å². The number of hydrogen-bond donors (Lipinski definition) is 2. The lowest BCUT2D eigenvalue weighted by Crippen LogP contribution is -2.23. The molecule has 0 saturated heterocycles. The first-order valence-electron chi connectivity index (χ1n) is 9.77. The Balaban J connectivity index is 1.39. The molecule has 1 amide bonds. The summed E-state index contributed by atoms with van der Waals surface area (Å²) >= 11 is 0. The highest BCUT2D eigenvalue weighted by Gasteiger charge is 2.16. The molecule has 0 unspecified atom stereocenters. The van der Waals surface area contributed by atoms with E-state index in [2.05, 4.69) is 10.0 Å². The molecule has 0 fully saturated rings. The fourth-order valence-corrected chi connectivity index (χ4v) is 4.16. The predicted octanol–water partition coefficient (Wildman–Crippen LogP) is 3.50. The Bertz CT molecular complexity index is 1190. The molecule has 3 aromatic rings. The minimum absolute atomic E-state index is 0.0801. The van der Waals surface area contributed by atoms with Gasteiger partial charge in [0.25, 0.3) is 15.9 Å². The standard InChI is InChI=1S/C23H22N2O5S/c1-16-2-7-19(8-3-16)25-31(27,28)20-9-5-18(6-10-20)23(26)24-15-17-4-11-21-22(14-17)30-13-12-29-21/h2-11,14,25H,12-13,15H2,1H3,(H,24,26). The van der Waals surface area contributed by atoms with Crippen LogP contribution in [0.3, 0.4) is 0 Å². The number of anilines is 1. The molecule has 2 N–H and O–H groups in total. The van der Waals surface area contributed by atoms with Crippen LogP contribution < -0.4 is 19.5 Å². The second kappa shape index (κ2) is 8.69. The van der Waals surface area contributed by atoms with Gasteiger partial charge in [-0.15, -0.1) is 0 Å². The fraction of sp³-hybridized carbons (Fsp3) is 0.174. The molecule has 0 aromatic heterocycles. The van der Waals surface area contributed by atoms with E-state index in [1.54, 1.807) is 12.1 Å². The highest BCUT2D eigenvalue weighted by Crippen LogP contribution is 2.30. The molecule has 0 aliphatic carbocycles. The van der Waals surface area contributed by atoms with Crippen molar-refractivity contribution in [3.8, 4) is 11.5 Å². The molecule has 0 spiro atoms. The van der Waals surface area contributed by atoms with Gasteiger partial charge < -0.3 is 14.8 Å². The number of aryl methyl sites for hydroxylation is 1. The number of amides is 1. The third kappa shape index (κ3) is 4.97. The van der Waals surface area contributed by atoms with Gasteiger partial charge in [-0.25, -0.2) is 8.42 Å².